The zero-order chi connectivity index (χ0) is 12.6. The molecule has 1 aliphatic carbocycles. The molecule has 0 spiro atoms. The van der Waals surface area contributed by atoms with E-state index in [9.17, 15) is 4.79 Å². The molecule has 2 rings (SSSR count). The first-order chi connectivity index (χ1) is 7.99. The molecule has 0 aliphatic heterocycles. The second-order valence-corrected chi connectivity index (χ2v) is 5.50. The van der Waals surface area contributed by atoms with Crippen molar-refractivity contribution in [3.05, 3.63) is 34.9 Å². The molecule has 2 heteroatoms. The number of carbonyl (C=O) groups is 1. The molecular weight excluding hydrogens is 212 g/mol. The fourth-order valence-corrected chi connectivity index (χ4v) is 2.56. The van der Waals surface area contributed by atoms with Crippen molar-refractivity contribution < 1.29 is 9.90 Å². The van der Waals surface area contributed by atoms with Gasteiger partial charge in [0.1, 0.15) is 0 Å². The normalized spacial score (nSPS) is 20.4. The van der Waals surface area contributed by atoms with E-state index < -0.39 is 11.9 Å². The van der Waals surface area contributed by atoms with Gasteiger partial charge in [-0.15, -0.1) is 0 Å². The highest BCUT2D eigenvalue weighted by Crippen LogP contribution is 2.33. The van der Waals surface area contributed by atoms with Crippen molar-refractivity contribution in [1.82, 2.24) is 0 Å². The third-order valence-corrected chi connectivity index (χ3v) is 4.01. The number of fused-ring (bicyclic) bond motifs is 1. The molecule has 0 unspecified atom stereocenters. The third-order valence-electron chi connectivity index (χ3n) is 4.01. The van der Waals surface area contributed by atoms with Crippen molar-refractivity contribution in [3.63, 3.8) is 0 Å². The molecule has 0 bridgehead atoms. The van der Waals surface area contributed by atoms with Crippen LogP contribution >= 0.6 is 0 Å². The SMILES string of the molecule is CC(C)[C@H]1Cc2ccc([C@H](C)C(=O)O)cc2C1. The van der Waals surface area contributed by atoms with Crippen LogP contribution in [0.15, 0.2) is 18.2 Å². The Bertz CT molecular complexity index is 435. The first-order valence-corrected chi connectivity index (χ1v) is 6.33. The van der Waals surface area contributed by atoms with Crippen molar-refractivity contribution in [1.29, 1.82) is 0 Å². The monoisotopic (exact) mass is 232 g/mol. The summed E-state index contributed by atoms with van der Waals surface area (Å²) in [6.07, 6.45) is 2.25. The summed E-state index contributed by atoms with van der Waals surface area (Å²) in [6.45, 7) is 6.27. The van der Waals surface area contributed by atoms with Crippen molar-refractivity contribution >= 4 is 5.97 Å². The van der Waals surface area contributed by atoms with Gasteiger partial charge in [0.25, 0.3) is 0 Å². The highest BCUT2D eigenvalue weighted by Gasteiger charge is 2.25. The third kappa shape index (κ3) is 2.36. The average molecular weight is 232 g/mol. The number of aliphatic carboxylic acids is 1. The van der Waals surface area contributed by atoms with Gasteiger partial charge in [0.2, 0.25) is 0 Å². The van der Waals surface area contributed by atoms with Crippen LogP contribution in [0.5, 0.6) is 0 Å². The van der Waals surface area contributed by atoms with Gasteiger partial charge in [-0.05, 0) is 48.3 Å². The summed E-state index contributed by atoms with van der Waals surface area (Å²) in [6, 6.07) is 6.18. The molecule has 17 heavy (non-hydrogen) atoms. The lowest BCUT2D eigenvalue weighted by Crippen LogP contribution is -2.08. The zero-order valence-corrected chi connectivity index (χ0v) is 10.7. The number of carboxylic acid groups (broad SMARTS) is 1. The summed E-state index contributed by atoms with van der Waals surface area (Å²) >= 11 is 0. The van der Waals surface area contributed by atoms with Crippen LogP contribution in [-0.2, 0) is 17.6 Å². The maximum atomic E-state index is 11.0. The quantitative estimate of drug-likeness (QED) is 0.868. The fourth-order valence-electron chi connectivity index (χ4n) is 2.56. The number of rotatable bonds is 3. The van der Waals surface area contributed by atoms with Gasteiger partial charge in [-0.2, -0.15) is 0 Å². The molecule has 2 atom stereocenters. The Morgan fingerprint density at radius 1 is 1.24 bits per heavy atom. The first-order valence-electron chi connectivity index (χ1n) is 6.33. The zero-order valence-electron chi connectivity index (χ0n) is 10.7. The Balaban J connectivity index is 2.24. The molecule has 1 aromatic carbocycles. The second-order valence-electron chi connectivity index (χ2n) is 5.50. The Morgan fingerprint density at radius 3 is 2.47 bits per heavy atom. The van der Waals surface area contributed by atoms with Gasteiger partial charge in [0.15, 0.2) is 0 Å². The van der Waals surface area contributed by atoms with Crippen LogP contribution in [-0.4, -0.2) is 11.1 Å². The van der Waals surface area contributed by atoms with Gasteiger partial charge in [-0.3, -0.25) is 4.79 Å². The molecule has 0 heterocycles. The standard InChI is InChI=1S/C15H20O2/c1-9(2)13-7-12-5-4-11(6-14(12)8-13)10(3)15(16)17/h4-6,9-10,13H,7-8H2,1-3H3,(H,16,17)/t10-,13-/m0/s1. The summed E-state index contributed by atoms with van der Waals surface area (Å²) in [7, 11) is 0. The Morgan fingerprint density at radius 2 is 1.88 bits per heavy atom. The molecule has 92 valence electrons. The predicted molar refractivity (Wildman–Crippen MR) is 68.2 cm³/mol. The van der Waals surface area contributed by atoms with Crippen LogP contribution in [0.4, 0.5) is 0 Å². The molecule has 2 nitrogen and oxygen atoms in total. The lowest BCUT2D eigenvalue weighted by atomic mass is 9.93. The minimum absolute atomic E-state index is 0.404. The van der Waals surface area contributed by atoms with Crippen LogP contribution in [0.3, 0.4) is 0 Å². The number of hydrogen-bond donors (Lipinski definition) is 1. The van der Waals surface area contributed by atoms with Gasteiger partial charge in [-0.25, -0.2) is 0 Å². The van der Waals surface area contributed by atoms with E-state index in [-0.39, 0.29) is 0 Å². The molecule has 1 aliphatic rings. The molecule has 0 saturated carbocycles. The lowest BCUT2D eigenvalue weighted by molar-refractivity contribution is -0.138. The van der Waals surface area contributed by atoms with Crippen molar-refractivity contribution in [2.45, 2.75) is 39.5 Å². The summed E-state index contributed by atoms with van der Waals surface area (Å²) in [5, 5.41) is 9.02. The summed E-state index contributed by atoms with van der Waals surface area (Å²) in [5.74, 6) is 0.268. The van der Waals surface area contributed by atoms with E-state index in [0.717, 1.165) is 24.3 Å². The Labute approximate surface area is 103 Å². The van der Waals surface area contributed by atoms with Gasteiger partial charge in [0.05, 0.1) is 5.92 Å². The van der Waals surface area contributed by atoms with Crippen LogP contribution in [0.1, 0.15) is 43.4 Å². The van der Waals surface area contributed by atoms with E-state index in [1.165, 1.54) is 11.1 Å². The van der Waals surface area contributed by atoms with Crippen LogP contribution in [0.25, 0.3) is 0 Å². The topological polar surface area (TPSA) is 37.3 Å². The highest BCUT2D eigenvalue weighted by atomic mass is 16.4. The average Bonchev–Trinajstić information content (AvgIpc) is 2.70. The lowest BCUT2D eigenvalue weighted by Gasteiger charge is -2.12. The number of carboxylic acids is 1. The predicted octanol–water partition coefficient (Wildman–Crippen LogP) is 3.25. The summed E-state index contributed by atoms with van der Waals surface area (Å²) in [4.78, 5) is 11.0. The maximum absolute atomic E-state index is 11.0. The van der Waals surface area contributed by atoms with E-state index in [2.05, 4.69) is 26.0 Å². The molecule has 0 amide bonds. The van der Waals surface area contributed by atoms with E-state index in [1.807, 2.05) is 6.07 Å². The number of hydrogen-bond acceptors (Lipinski definition) is 1. The Hall–Kier alpha value is -1.31. The summed E-state index contributed by atoms with van der Waals surface area (Å²) < 4.78 is 0. The number of benzene rings is 1. The van der Waals surface area contributed by atoms with Gasteiger partial charge in [-0.1, -0.05) is 32.0 Å². The molecule has 0 radical (unpaired) electrons. The highest BCUT2D eigenvalue weighted by molar-refractivity contribution is 5.75. The van der Waals surface area contributed by atoms with Crippen LogP contribution < -0.4 is 0 Å². The smallest absolute Gasteiger partial charge is 0.310 e. The maximum Gasteiger partial charge on any atom is 0.310 e. The van der Waals surface area contributed by atoms with Crippen molar-refractivity contribution in [2.75, 3.05) is 0 Å². The molecular formula is C15H20O2. The molecule has 0 fully saturated rings. The van der Waals surface area contributed by atoms with E-state index >= 15 is 0 Å². The minimum Gasteiger partial charge on any atom is -0.481 e. The molecule has 0 aromatic heterocycles. The molecule has 0 saturated heterocycles. The Kier molecular flexibility index (Phi) is 3.23. The van der Waals surface area contributed by atoms with E-state index in [4.69, 9.17) is 5.11 Å². The van der Waals surface area contributed by atoms with Crippen molar-refractivity contribution in [3.8, 4) is 0 Å². The van der Waals surface area contributed by atoms with E-state index in [0.29, 0.717) is 5.92 Å². The second kappa shape index (κ2) is 4.52. The van der Waals surface area contributed by atoms with Crippen LogP contribution in [0, 0.1) is 11.8 Å². The van der Waals surface area contributed by atoms with E-state index in [1.54, 1.807) is 6.92 Å². The van der Waals surface area contributed by atoms with Gasteiger partial charge < -0.3 is 5.11 Å². The molecule has 1 aromatic rings. The first kappa shape index (κ1) is 12.2. The van der Waals surface area contributed by atoms with Crippen molar-refractivity contribution in [2.24, 2.45) is 11.8 Å². The van der Waals surface area contributed by atoms with Crippen LogP contribution in [0.2, 0.25) is 0 Å². The minimum atomic E-state index is -0.747. The molecule has 1 N–H and O–H groups in total. The summed E-state index contributed by atoms with van der Waals surface area (Å²) in [5.41, 5.74) is 3.69. The largest absolute Gasteiger partial charge is 0.481 e. The van der Waals surface area contributed by atoms with Gasteiger partial charge in [0, 0.05) is 0 Å². The fraction of sp³-hybridized carbons (Fsp3) is 0.533. The van der Waals surface area contributed by atoms with Gasteiger partial charge >= 0.3 is 5.97 Å².